The van der Waals surface area contributed by atoms with Crippen molar-refractivity contribution in [1.82, 2.24) is 0 Å². The normalized spacial score (nSPS) is 16.0. The molecule has 0 aromatic heterocycles. The van der Waals surface area contributed by atoms with Gasteiger partial charge in [0.2, 0.25) is 0 Å². The minimum Gasteiger partial charge on any atom is -0.497 e. The van der Waals surface area contributed by atoms with E-state index in [1.165, 1.54) is 0 Å². The molecule has 0 unspecified atom stereocenters. The lowest BCUT2D eigenvalue weighted by Gasteiger charge is -2.22. The van der Waals surface area contributed by atoms with E-state index in [4.69, 9.17) is 19.5 Å². The monoisotopic (exact) mass is 247 g/mol. The summed E-state index contributed by atoms with van der Waals surface area (Å²) in [5.41, 5.74) is 0.552. The highest BCUT2D eigenvalue weighted by Crippen LogP contribution is 2.24. The fourth-order valence-corrected chi connectivity index (χ4v) is 1.96. The van der Waals surface area contributed by atoms with Crippen molar-refractivity contribution in [3.63, 3.8) is 0 Å². The largest absolute Gasteiger partial charge is 0.497 e. The summed E-state index contributed by atoms with van der Waals surface area (Å²) in [6, 6.07) is 7.34. The Balaban J connectivity index is 1.97. The van der Waals surface area contributed by atoms with Gasteiger partial charge in [0.1, 0.15) is 11.5 Å². The summed E-state index contributed by atoms with van der Waals surface area (Å²) < 4.78 is 16.2. The molecule has 0 spiro atoms. The first-order chi connectivity index (χ1) is 8.81. The first-order valence-electron chi connectivity index (χ1n) is 6.11. The molecule has 0 N–H and O–H groups in total. The number of ether oxygens (including phenoxy) is 3. The summed E-state index contributed by atoms with van der Waals surface area (Å²) in [5, 5.41) is 8.92. The average molecular weight is 247 g/mol. The molecule has 0 radical (unpaired) electrons. The number of nitrogens with zero attached hydrogens (tertiary/aromatic N) is 1. The molecule has 0 atom stereocenters. The minimum atomic E-state index is 0.537. The topological polar surface area (TPSA) is 51.5 Å². The van der Waals surface area contributed by atoms with Gasteiger partial charge in [-0.1, -0.05) is 0 Å². The number of rotatable bonds is 4. The molecular weight excluding hydrogens is 230 g/mol. The second kappa shape index (κ2) is 6.27. The van der Waals surface area contributed by atoms with Gasteiger partial charge in [0.05, 0.1) is 25.3 Å². The Kier molecular flexibility index (Phi) is 4.43. The third-order valence-corrected chi connectivity index (χ3v) is 3.07. The maximum Gasteiger partial charge on any atom is 0.124 e. The van der Waals surface area contributed by atoms with Crippen LogP contribution >= 0.6 is 0 Å². The summed E-state index contributed by atoms with van der Waals surface area (Å²) in [7, 11) is 1.58. The Morgan fingerprint density at radius 2 is 2.00 bits per heavy atom. The molecular formula is C14H17NO3. The molecule has 1 aliphatic rings. The highest BCUT2D eigenvalue weighted by atomic mass is 16.5. The van der Waals surface area contributed by atoms with Crippen LogP contribution in [0.4, 0.5) is 0 Å². The first-order valence-corrected chi connectivity index (χ1v) is 6.11. The predicted octanol–water partition coefficient (Wildman–Crippen LogP) is 2.37. The second-order valence-corrected chi connectivity index (χ2v) is 4.38. The molecule has 0 bridgehead atoms. The highest BCUT2D eigenvalue weighted by Gasteiger charge is 2.14. The van der Waals surface area contributed by atoms with Crippen LogP contribution in [0.25, 0.3) is 0 Å². The molecule has 2 rings (SSSR count). The Labute approximate surface area is 107 Å². The third-order valence-electron chi connectivity index (χ3n) is 3.07. The van der Waals surface area contributed by atoms with E-state index >= 15 is 0 Å². The number of hydrogen-bond donors (Lipinski definition) is 0. The molecule has 1 aromatic rings. The van der Waals surface area contributed by atoms with Gasteiger partial charge in [0.25, 0.3) is 0 Å². The molecule has 4 nitrogen and oxygen atoms in total. The Bertz CT molecular complexity index is 433. The number of benzene rings is 1. The van der Waals surface area contributed by atoms with Crippen LogP contribution in [0.5, 0.6) is 11.5 Å². The van der Waals surface area contributed by atoms with Crippen LogP contribution < -0.4 is 9.47 Å². The molecule has 18 heavy (non-hydrogen) atoms. The molecule has 1 saturated heterocycles. The highest BCUT2D eigenvalue weighted by molar-refractivity contribution is 5.43. The molecule has 1 heterocycles. The predicted molar refractivity (Wildman–Crippen MR) is 66.7 cm³/mol. The van der Waals surface area contributed by atoms with Gasteiger partial charge in [-0.15, -0.1) is 0 Å². The van der Waals surface area contributed by atoms with Crippen molar-refractivity contribution in [3.05, 3.63) is 23.8 Å². The smallest absolute Gasteiger partial charge is 0.124 e. The summed E-state index contributed by atoms with van der Waals surface area (Å²) in [4.78, 5) is 0. The van der Waals surface area contributed by atoms with Crippen molar-refractivity contribution in [2.75, 3.05) is 26.9 Å². The summed E-state index contributed by atoms with van der Waals surface area (Å²) in [6.07, 6.45) is 2.07. The van der Waals surface area contributed by atoms with Crippen LogP contribution in [0.2, 0.25) is 0 Å². The van der Waals surface area contributed by atoms with Gasteiger partial charge >= 0.3 is 0 Å². The molecule has 4 heteroatoms. The van der Waals surface area contributed by atoms with E-state index in [1.807, 2.05) is 0 Å². The molecule has 1 fully saturated rings. The van der Waals surface area contributed by atoms with Crippen molar-refractivity contribution in [2.24, 2.45) is 5.92 Å². The van der Waals surface area contributed by atoms with E-state index in [-0.39, 0.29) is 0 Å². The van der Waals surface area contributed by atoms with Crippen molar-refractivity contribution in [2.45, 2.75) is 12.8 Å². The van der Waals surface area contributed by atoms with Crippen LogP contribution in [-0.4, -0.2) is 26.9 Å². The van der Waals surface area contributed by atoms with E-state index in [0.29, 0.717) is 29.6 Å². The zero-order valence-electron chi connectivity index (χ0n) is 10.5. The third kappa shape index (κ3) is 3.38. The fourth-order valence-electron chi connectivity index (χ4n) is 1.96. The van der Waals surface area contributed by atoms with Gasteiger partial charge in [-0.3, -0.25) is 0 Å². The van der Waals surface area contributed by atoms with Crippen LogP contribution in [0.3, 0.4) is 0 Å². The quantitative estimate of drug-likeness (QED) is 0.819. The van der Waals surface area contributed by atoms with E-state index in [0.717, 1.165) is 26.1 Å². The van der Waals surface area contributed by atoms with Crippen molar-refractivity contribution < 1.29 is 14.2 Å². The minimum absolute atomic E-state index is 0.537. The molecule has 0 amide bonds. The second-order valence-electron chi connectivity index (χ2n) is 4.38. The lowest BCUT2D eigenvalue weighted by molar-refractivity contribution is 0.0497. The molecule has 0 aliphatic carbocycles. The lowest BCUT2D eigenvalue weighted by Crippen LogP contribution is -2.21. The SMILES string of the molecule is COc1cc(C#N)cc(OCC2CCOCC2)c1. The standard InChI is InChI=1S/C14H17NO3/c1-16-13-6-12(9-15)7-14(8-13)18-10-11-2-4-17-5-3-11/h6-8,11H,2-5,10H2,1H3. The van der Waals surface area contributed by atoms with E-state index in [1.54, 1.807) is 25.3 Å². The maximum atomic E-state index is 8.92. The Hall–Kier alpha value is -1.73. The first kappa shape index (κ1) is 12.7. The molecule has 0 saturated carbocycles. The summed E-state index contributed by atoms with van der Waals surface area (Å²) in [5.74, 6) is 1.88. The zero-order chi connectivity index (χ0) is 12.8. The summed E-state index contributed by atoms with van der Waals surface area (Å²) >= 11 is 0. The Morgan fingerprint density at radius 1 is 1.28 bits per heavy atom. The summed E-state index contributed by atoms with van der Waals surface area (Å²) in [6.45, 7) is 2.30. The number of hydrogen-bond acceptors (Lipinski definition) is 4. The van der Waals surface area contributed by atoms with Gasteiger partial charge in [0.15, 0.2) is 0 Å². The number of nitriles is 1. The van der Waals surface area contributed by atoms with Crippen molar-refractivity contribution >= 4 is 0 Å². The van der Waals surface area contributed by atoms with Crippen molar-refractivity contribution in [3.8, 4) is 17.6 Å². The van der Waals surface area contributed by atoms with Gasteiger partial charge in [0, 0.05) is 19.3 Å². The average Bonchev–Trinajstić information content (AvgIpc) is 2.45. The zero-order valence-corrected chi connectivity index (χ0v) is 10.5. The molecule has 1 aromatic carbocycles. The fraction of sp³-hybridized carbons (Fsp3) is 0.500. The van der Waals surface area contributed by atoms with Gasteiger partial charge < -0.3 is 14.2 Å². The maximum absolute atomic E-state index is 8.92. The number of methoxy groups -OCH3 is 1. The van der Waals surface area contributed by atoms with Gasteiger partial charge in [-0.2, -0.15) is 5.26 Å². The van der Waals surface area contributed by atoms with Crippen LogP contribution in [0, 0.1) is 17.2 Å². The van der Waals surface area contributed by atoms with Crippen molar-refractivity contribution in [1.29, 1.82) is 5.26 Å². The lowest BCUT2D eigenvalue weighted by atomic mass is 10.0. The van der Waals surface area contributed by atoms with E-state index < -0.39 is 0 Å². The van der Waals surface area contributed by atoms with Crippen LogP contribution in [0.15, 0.2) is 18.2 Å². The van der Waals surface area contributed by atoms with Gasteiger partial charge in [-0.25, -0.2) is 0 Å². The van der Waals surface area contributed by atoms with E-state index in [2.05, 4.69) is 6.07 Å². The van der Waals surface area contributed by atoms with Crippen LogP contribution in [0.1, 0.15) is 18.4 Å². The van der Waals surface area contributed by atoms with Crippen LogP contribution in [-0.2, 0) is 4.74 Å². The molecule has 96 valence electrons. The Morgan fingerprint density at radius 3 is 2.67 bits per heavy atom. The van der Waals surface area contributed by atoms with E-state index in [9.17, 15) is 0 Å². The van der Waals surface area contributed by atoms with Gasteiger partial charge in [-0.05, 0) is 30.9 Å². The molecule has 1 aliphatic heterocycles.